The largest absolute Gasteiger partial charge is 0.376 e. The third kappa shape index (κ3) is 4.50. The van der Waals surface area contributed by atoms with E-state index in [1.165, 1.54) is 19.3 Å². The molecule has 3 heterocycles. The number of nitrogens with one attached hydrogen (secondary N) is 1. The van der Waals surface area contributed by atoms with Crippen LogP contribution in [0.1, 0.15) is 48.2 Å². The van der Waals surface area contributed by atoms with Crippen molar-refractivity contribution in [3.63, 3.8) is 0 Å². The quantitative estimate of drug-likeness (QED) is 0.862. The molecule has 4 rings (SSSR count). The average Bonchev–Trinajstić information content (AvgIpc) is 3.27. The highest BCUT2D eigenvalue weighted by atomic mass is 16.5. The van der Waals surface area contributed by atoms with Crippen LogP contribution < -0.4 is 10.2 Å². The van der Waals surface area contributed by atoms with Crippen molar-refractivity contribution in [2.45, 2.75) is 45.1 Å². The molecule has 0 radical (unpaired) electrons. The lowest BCUT2D eigenvalue weighted by atomic mass is 10.1. The van der Waals surface area contributed by atoms with E-state index < -0.39 is 0 Å². The number of aromatic nitrogens is 2. The van der Waals surface area contributed by atoms with Gasteiger partial charge < -0.3 is 15.0 Å². The highest BCUT2D eigenvalue weighted by Crippen LogP contribution is 2.23. The van der Waals surface area contributed by atoms with Crippen LogP contribution in [0.15, 0.2) is 30.3 Å². The lowest BCUT2D eigenvalue weighted by Crippen LogP contribution is -2.35. The Morgan fingerprint density at radius 3 is 2.82 bits per heavy atom. The molecule has 1 atom stereocenters. The lowest BCUT2D eigenvalue weighted by molar-refractivity contribution is 0.0169. The van der Waals surface area contributed by atoms with Gasteiger partial charge in [-0.15, -0.1) is 0 Å². The molecule has 6 heteroatoms. The van der Waals surface area contributed by atoms with Crippen LogP contribution >= 0.6 is 0 Å². The van der Waals surface area contributed by atoms with Crippen LogP contribution in [0.2, 0.25) is 0 Å². The van der Waals surface area contributed by atoms with Crippen molar-refractivity contribution in [2.24, 2.45) is 0 Å². The van der Waals surface area contributed by atoms with Gasteiger partial charge in [-0.25, -0.2) is 9.97 Å². The number of benzene rings is 1. The molecule has 6 nitrogen and oxygen atoms in total. The molecule has 1 N–H and O–H groups in total. The monoisotopic (exact) mass is 380 g/mol. The molecule has 1 aromatic heterocycles. The Hall–Kier alpha value is -2.47. The minimum absolute atomic E-state index is 0.0680. The van der Waals surface area contributed by atoms with E-state index in [-0.39, 0.29) is 12.0 Å². The molecule has 28 heavy (non-hydrogen) atoms. The van der Waals surface area contributed by atoms with Gasteiger partial charge in [-0.3, -0.25) is 4.79 Å². The van der Waals surface area contributed by atoms with E-state index in [1.807, 2.05) is 37.3 Å². The third-order valence-electron chi connectivity index (χ3n) is 5.42. The standard InChI is InChI=1S/C22H28N4O2/c1-16-13-20(25-22(24-16)26-10-3-4-11-26)17-7-6-8-18(14-17)21(27)23-15-19-9-2-5-12-28-19/h6-8,13-14,19H,2-5,9-12,15H2,1H3,(H,23,27)/t19-/m0/s1. The van der Waals surface area contributed by atoms with Crippen LogP contribution in [-0.2, 0) is 4.74 Å². The SMILES string of the molecule is Cc1cc(-c2cccc(C(=O)NC[C@@H]3CCCCO3)c2)nc(N2CCCC2)n1. The summed E-state index contributed by atoms with van der Waals surface area (Å²) < 4.78 is 5.70. The number of hydrogen-bond acceptors (Lipinski definition) is 5. The zero-order valence-corrected chi connectivity index (χ0v) is 16.5. The van der Waals surface area contributed by atoms with Crippen molar-refractivity contribution in [2.75, 3.05) is 31.1 Å². The Bertz CT molecular complexity index is 827. The number of hydrogen-bond donors (Lipinski definition) is 1. The molecule has 0 saturated carbocycles. The molecule has 0 spiro atoms. The molecule has 2 aliphatic rings. The van der Waals surface area contributed by atoms with E-state index in [4.69, 9.17) is 9.72 Å². The van der Waals surface area contributed by atoms with E-state index in [9.17, 15) is 4.79 Å². The van der Waals surface area contributed by atoms with Crippen molar-refractivity contribution in [3.05, 3.63) is 41.6 Å². The minimum Gasteiger partial charge on any atom is -0.376 e. The molecular weight excluding hydrogens is 352 g/mol. The normalized spacial score (nSPS) is 19.6. The molecule has 0 unspecified atom stereocenters. The van der Waals surface area contributed by atoms with Crippen LogP contribution in [0.5, 0.6) is 0 Å². The first-order valence-corrected chi connectivity index (χ1v) is 10.3. The predicted molar refractivity (Wildman–Crippen MR) is 110 cm³/mol. The van der Waals surface area contributed by atoms with E-state index in [1.54, 1.807) is 0 Å². The van der Waals surface area contributed by atoms with Gasteiger partial charge in [0.15, 0.2) is 0 Å². The first kappa shape index (κ1) is 18.9. The van der Waals surface area contributed by atoms with Crippen LogP contribution in [-0.4, -0.2) is 48.2 Å². The Labute approximate surface area is 166 Å². The second kappa shape index (κ2) is 8.69. The highest BCUT2D eigenvalue weighted by molar-refractivity contribution is 5.95. The second-order valence-electron chi connectivity index (χ2n) is 7.67. The predicted octanol–water partition coefficient (Wildman–Crippen LogP) is 3.35. The van der Waals surface area contributed by atoms with Gasteiger partial charge in [0, 0.05) is 43.1 Å². The Balaban J connectivity index is 1.49. The zero-order chi connectivity index (χ0) is 19.3. The molecule has 1 amide bonds. The number of anilines is 1. The van der Waals surface area contributed by atoms with Gasteiger partial charge in [-0.1, -0.05) is 12.1 Å². The van der Waals surface area contributed by atoms with Gasteiger partial charge in [0.2, 0.25) is 5.95 Å². The Morgan fingerprint density at radius 2 is 2.04 bits per heavy atom. The highest BCUT2D eigenvalue weighted by Gasteiger charge is 2.18. The van der Waals surface area contributed by atoms with Crippen molar-refractivity contribution in [1.82, 2.24) is 15.3 Å². The maximum Gasteiger partial charge on any atom is 0.251 e. The number of carbonyl (C=O) groups is 1. The third-order valence-corrected chi connectivity index (χ3v) is 5.42. The molecule has 0 aliphatic carbocycles. The summed E-state index contributed by atoms with van der Waals surface area (Å²) in [6.07, 6.45) is 5.81. The fourth-order valence-corrected chi connectivity index (χ4v) is 3.86. The topological polar surface area (TPSA) is 67.3 Å². The fourth-order valence-electron chi connectivity index (χ4n) is 3.86. The van der Waals surface area contributed by atoms with E-state index >= 15 is 0 Å². The fraction of sp³-hybridized carbons (Fsp3) is 0.500. The number of nitrogens with zero attached hydrogens (tertiary/aromatic N) is 3. The van der Waals surface area contributed by atoms with Gasteiger partial charge in [-0.2, -0.15) is 0 Å². The number of aryl methyl sites for hydroxylation is 1. The van der Waals surface area contributed by atoms with Crippen LogP contribution in [0, 0.1) is 6.92 Å². The summed E-state index contributed by atoms with van der Waals surface area (Å²) in [6, 6.07) is 9.64. The number of ether oxygens (including phenoxy) is 1. The Morgan fingerprint density at radius 1 is 1.18 bits per heavy atom. The van der Waals surface area contributed by atoms with Gasteiger partial charge in [-0.05, 0) is 57.2 Å². The lowest BCUT2D eigenvalue weighted by Gasteiger charge is -2.22. The summed E-state index contributed by atoms with van der Waals surface area (Å²) in [5.41, 5.74) is 3.38. The van der Waals surface area contributed by atoms with Gasteiger partial charge in [0.05, 0.1) is 11.8 Å². The van der Waals surface area contributed by atoms with E-state index in [0.29, 0.717) is 12.1 Å². The number of rotatable bonds is 5. The van der Waals surface area contributed by atoms with Crippen molar-refractivity contribution >= 4 is 11.9 Å². The number of carbonyl (C=O) groups excluding carboxylic acids is 1. The molecule has 2 saturated heterocycles. The molecular formula is C22H28N4O2. The van der Waals surface area contributed by atoms with Gasteiger partial charge in [0.1, 0.15) is 0 Å². The smallest absolute Gasteiger partial charge is 0.251 e. The van der Waals surface area contributed by atoms with E-state index in [2.05, 4.69) is 15.2 Å². The second-order valence-corrected chi connectivity index (χ2v) is 7.67. The summed E-state index contributed by atoms with van der Waals surface area (Å²) in [5.74, 6) is 0.721. The summed E-state index contributed by atoms with van der Waals surface area (Å²) in [7, 11) is 0. The maximum absolute atomic E-state index is 12.6. The minimum atomic E-state index is -0.0680. The molecule has 2 fully saturated rings. The van der Waals surface area contributed by atoms with Crippen molar-refractivity contribution in [3.8, 4) is 11.3 Å². The molecule has 1 aromatic carbocycles. The van der Waals surface area contributed by atoms with Crippen molar-refractivity contribution in [1.29, 1.82) is 0 Å². The van der Waals surface area contributed by atoms with Crippen LogP contribution in [0.3, 0.4) is 0 Å². The first-order valence-electron chi connectivity index (χ1n) is 10.3. The molecule has 0 bridgehead atoms. The van der Waals surface area contributed by atoms with E-state index in [0.717, 1.165) is 55.4 Å². The number of amides is 1. The summed E-state index contributed by atoms with van der Waals surface area (Å²) in [6.45, 7) is 5.37. The van der Waals surface area contributed by atoms with Gasteiger partial charge >= 0.3 is 0 Å². The summed E-state index contributed by atoms with van der Waals surface area (Å²) >= 11 is 0. The maximum atomic E-state index is 12.6. The average molecular weight is 380 g/mol. The van der Waals surface area contributed by atoms with Gasteiger partial charge in [0.25, 0.3) is 5.91 Å². The van der Waals surface area contributed by atoms with Crippen LogP contribution in [0.25, 0.3) is 11.3 Å². The molecule has 2 aromatic rings. The van der Waals surface area contributed by atoms with Crippen LogP contribution in [0.4, 0.5) is 5.95 Å². The molecule has 2 aliphatic heterocycles. The summed E-state index contributed by atoms with van der Waals surface area (Å²) in [5, 5.41) is 3.01. The van der Waals surface area contributed by atoms with Crippen molar-refractivity contribution < 1.29 is 9.53 Å². The first-order chi connectivity index (χ1) is 13.7. The summed E-state index contributed by atoms with van der Waals surface area (Å²) in [4.78, 5) is 24.2. The zero-order valence-electron chi connectivity index (χ0n) is 16.5. The molecule has 148 valence electrons. The Kier molecular flexibility index (Phi) is 5.86.